The van der Waals surface area contributed by atoms with Crippen LogP contribution >= 0.6 is 23.2 Å². The Morgan fingerprint density at radius 1 is 1.26 bits per heavy atom. The first-order valence-corrected chi connectivity index (χ1v) is 12.7. The molecule has 2 aliphatic heterocycles. The van der Waals surface area contributed by atoms with Crippen LogP contribution in [0.5, 0.6) is 0 Å². The summed E-state index contributed by atoms with van der Waals surface area (Å²) in [6.07, 6.45) is 4.97. The number of aromatic nitrogens is 1. The van der Waals surface area contributed by atoms with E-state index in [-0.39, 0.29) is 17.6 Å². The molecular weight excluding hydrogens is 485 g/mol. The molecule has 1 aromatic heterocycles. The Bertz CT molecular complexity index is 1320. The van der Waals surface area contributed by atoms with Gasteiger partial charge in [-0.3, -0.25) is 0 Å². The van der Waals surface area contributed by atoms with Gasteiger partial charge in [-0.2, -0.15) is 5.06 Å². The molecule has 1 fully saturated rings. The normalized spacial score (nSPS) is 21.9. The molecule has 0 bridgehead atoms. The Morgan fingerprint density at radius 3 is 2.80 bits per heavy atom. The van der Waals surface area contributed by atoms with Gasteiger partial charge in [-0.1, -0.05) is 54.4 Å². The van der Waals surface area contributed by atoms with Crippen LogP contribution in [0.1, 0.15) is 43.6 Å². The topological polar surface area (TPSA) is 66.7 Å². The highest BCUT2D eigenvalue weighted by Gasteiger charge is 2.49. The Hall–Kier alpha value is -2.51. The number of nitrogens with zero attached hydrogens (tertiary/aromatic N) is 2. The van der Waals surface area contributed by atoms with E-state index in [4.69, 9.17) is 27.9 Å². The third kappa shape index (κ3) is 4.02. The fourth-order valence-corrected chi connectivity index (χ4v) is 6.30. The Labute approximate surface area is 215 Å². The minimum Gasteiger partial charge on any atom is -0.465 e. The fourth-order valence-electron chi connectivity index (χ4n) is 5.82. The number of benzene rings is 2. The van der Waals surface area contributed by atoms with Gasteiger partial charge in [0.2, 0.25) is 0 Å². The van der Waals surface area contributed by atoms with Crippen LogP contribution < -0.4 is 5.32 Å². The van der Waals surface area contributed by atoms with Gasteiger partial charge in [-0.25, -0.2) is 4.79 Å². The van der Waals surface area contributed by atoms with Crippen LogP contribution in [-0.2, 0) is 16.0 Å². The third-order valence-corrected chi connectivity index (χ3v) is 8.01. The zero-order chi connectivity index (χ0) is 24.7. The Morgan fingerprint density at radius 2 is 2.06 bits per heavy atom. The maximum atomic E-state index is 13.1. The standard InChI is InChI=1S/C27H29Cl2N3O3/c1-3-27-12-6-14-31(34)26(27)32-23-8-5-4-7-18(23)19(24(32)20(16-27)25(33)35-2)11-13-30-22-10-9-17(28)15-21(22)29/h4-5,7-10,15-16,26,30,34H,3,6,11-14H2,1-2H3/t26-,27+/m1/s1. The van der Waals surface area contributed by atoms with Crippen molar-refractivity contribution in [2.75, 3.05) is 25.5 Å². The van der Waals surface area contributed by atoms with Crippen LogP contribution in [0, 0.1) is 5.41 Å². The summed E-state index contributed by atoms with van der Waals surface area (Å²) in [4.78, 5) is 13.1. The maximum absolute atomic E-state index is 13.1. The van der Waals surface area contributed by atoms with E-state index in [1.165, 1.54) is 12.2 Å². The third-order valence-electron chi connectivity index (χ3n) is 7.46. The number of ether oxygens (including phenoxy) is 1. The number of methoxy groups -OCH3 is 1. The van der Waals surface area contributed by atoms with Crippen molar-refractivity contribution in [2.24, 2.45) is 5.41 Å². The molecule has 0 spiro atoms. The van der Waals surface area contributed by atoms with Gasteiger partial charge in [0.15, 0.2) is 0 Å². The summed E-state index contributed by atoms with van der Waals surface area (Å²) >= 11 is 12.4. The number of carbonyl (C=O) groups is 1. The van der Waals surface area contributed by atoms with E-state index in [2.05, 4.69) is 35.0 Å². The highest BCUT2D eigenvalue weighted by Crippen LogP contribution is 2.53. The average Bonchev–Trinajstić information content (AvgIpc) is 3.18. The van der Waals surface area contributed by atoms with Gasteiger partial charge in [0.25, 0.3) is 0 Å². The number of esters is 1. The molecule has 3 aromatic rings. The average molecular weight is 514 g/mol. The van der Waals surface area contributed by atoms with Crippen LogP contribution in [0.3, 0.4) is 0 Å². The molecule has 184 valence electrons. The van der Waals surface area contributed by atoms with E-state index < -0.39 is 0 Å². The lowest BCUT2D eigenvalue weighted by Crippen LogP contribution is -2.49. The number of hydrogen-bond acceptors (Lipinski definition) is 5. The highest BCUT2D eigenvalue weighted by atomic mass is 35.5. The number of halogens is 2. The lowest BCUT2D eigenvalue weighted by molar-refractivity contribution is -0.203. The number of piperidine rings is 1. The molecule has 5 rings (SSSR count). The first-order chi connectivity index (χ1) is 16.9. The fraction of sp³-hybridized carbons (Fsp3) is 0.370. The van der Waals surface area contributed by atoms with Crippen LogP contribution in [0.4, 0.5) is 5.69 Å². The summed E-state index contributed by atoms with van der Waals surface area (Å²) in [5.74, 6) is -0.356. The van der Waals surface area contributed by atoms with Gasteiger partial charge >= 0.3 is 5.97 Å². The summed E-state index contributed by atoms with van der Waals surface area (Å²) < 4.78 is 7.41. The summed E-state index contributed by atoms with van der Waals surface area (Å²) in [6.45, 7) is 3.31. The van der Waals surface area contributed by atoms with Gasteiger partial charge in [0, 0.05) is 28.9 Å². The van der Waals surface area contributed by atoms with E-state index in [1.807, 2.05) is 18.2 Å². The molecule has 0 unspecified atom stereocenters. The second kappa shape index (κ2) is 9.51. The second-order valence-electron chi connectivity index (χ2n) is 9.29. The summed E-state index contributed by atoms with van der Waals surface area (Å²) in [6, 6.07) is 13.5. The van der Waals surface area contributed by atoms with Gasteiger partial charge in [0.05, 0.1) is 34.6 Å². The lowest BCUT2D eigenvalue weighted by Gasteiger charge is -2.49. The summed E-state index contributed by atoms with van der Waals surface area (Å²) in [7, 11) is 1.42. The van der Waals surface area contributed by atoms with Crippen molar-refractivity contribution < 1.29 is 14.7 Å². The van der Waals surface area contributed by atoms with Gasteiger partial charge in [-0.05, 0) is 55.5 Å². The van der Waals surface area contributed by atoms with Crippen molar-refractivity contribution in [3.05, 3.63) is 69.8 Å². The zero-order valence-corrected chi connectivity index (χ0v) is 21.4. The molecule has 0 aliphatic carbocycles. The van der Waals surface area contributed by atoms with Crippen LogP contribution in [0.15, 0.2) is 48.5 Å². The number of hydroxylamine groups is 2. The Kier molecular flexibility index (Phi) is 6.57. The van der Waals surface area contributed by atoms with Crippen molar-refractivity contribution in [3.8, 4) is 0 Å². The highest BCUT2D eigenvalue weighted by molar-refractivity contribution is 6.36. The number of para-hydroxylation sites is 1. The lowest BCUT2D eigenvalue weighted by atomic mass is 9.71. The van der Waals surface area contributed by atoms with E-state index >= 15 is 0 Å². The molecular formula is C27H29Cl2N3O3. The van der Waals surface area contributed by atoms with Gasteiger partial charge in [0.1, 0.15) is 6.17 Å². The molecule has 2 aliphatic rings. The molecule has 8 heteroatoms. The monoisotopic (exact) mass is 513 g/mol. The minimum atomic E-state index is -0.363. The predicted octanol–water partition coefficient (Wildman–Crippen LogP) is 6.55. The minimum absolute atomic E-state index is 0.290. The molecule has 2 atom stereocenters. The van der Waals surface area contributed by atoms with Crippen molar-refractivity contribution in [1.82, 2.24) is 9.63 Å². The number of nitrogens with one attached hydrogen (secondary N) is 1. The first-order valence-electron chi connectivity index (χ1n) is 12.0. The van der Waals surface area contributed by atoms with E-state index in [9.17, 15) is 10.0 Å². The summed E-state index contributed by atoms with van der Waals surface area (Å²) in [5.41, 5.74) is 3.86. The molecule has 6 nitrogen and oxygen atoms in total. The van der Waals surface area contributed by atoms with Crippen molar-refractivity contribution >= 4 is 51.3 Å². The van der Waals surface area contributed by atoms with Crippen LogP contribution in [0.2, 0.25) is 10.0 Å². The Balaban J connectivity index is 1.64. The van der Waals surface area contributed by atoms with E-state index in [0.717, 1.165) is 47.1 Å². The van der Waals surface area contributed by atoms with Crippen LogP contribution in [0.25, 0.3) is 16.5 Å². The smallest absolute Gasteiger partial charge is 0.339 e. The quantitative estimate of drug-likeness (QED) is 0.365. The second-order valence-corrected chi connectivity index (χ2v) is 10.1. The number of fused-ring (bicyclic) bond motifs is 5. The molecule has 0 radical (unpaired) electrons. The SMILES string of the molecule is CC[C@]12C=C(C(=O)OC)c3c(CCNc4ccc(Cl)cc4Cl)c4ccccc4n3[C@H]1N(O)CCC2. The molecule has 3 heterocycles. The number of anilines is 1. The van der Waals surface area contributed by atoms with Crippen molar-refractivity contribution in [1.29, 1.82) is 0 Å². The maximum Gasteiger partial charge on any atom is 0.339 e. The molecule has 35 heavy (non-hydrogen) atoms. The van der Waals surface area contributed by atoms with Crippen molar-refractivity contribution in [3.63, 3.8) is 0 Å². The predicted molar refractivity (Wildman–Crippen MR) is 140 cm³/mol. The number of hydrogen-bond donors (Lipinski definition) is 2. The largest absolute Gasteiger partial charge is 0.465 e. The molecule has 1 saturated heterocycles. The van der Waals surface area contributed by atoms with Gasteiger partial charge < -0.3 is 19.8 Å². The number of rotatable bonds is 6. The zero-order valence-electron chi connectivity index (χ0n) is 19.9. The van der Waals surface area contributed by atoms with Gasteiger partial charge in [-0.15, -0.1) is 0 Å². The van der Waals surface area contributed by atoms with Crippen LogP contribution in [-0.4, -0.2) is 41.0 Å². The molecule has 2 aromatic carbocycles. The van der Waals surface area contributed by atoms with E-state index in [0.29, 0.717) is 35.1 Å². The first kappa shape index (κ1) is 24.2. The van der Waals surface area contributed by atoms with E-state index in [1.54, 1.807) is 12.1 Å². The summed E-state index contributed by atoms with van der Waals surface area (Å²) in [5, 5.41) is 18.2. The molecule has 0 amide bonds. The number of carbonyl (C=O) groups excluding carboxylic acids is 1. The molecule has 0 saturated carbocycles. The van der Waals surface area contributed by atoms with Crippen molar-refractivity contribution in [2.45, 2.75) is 38.8 Å². The molecule has 2 N–H and O–H groups in total.